The van der Waals surface area contributed by atoms with Crippen molar-refractivity contribution in [2.75, 3.05) is 59.2 Å². The molecule has 0 unspecified atom stereocenters. The predicted octanol–water partition coefficient (Wildman–Crippen LogP) is 0.654. The predicted molar refractivity (Wildman–Crippen MR) is 106 cm³/mol. The fourth-order valence-corrected chi connectivity index (χ4v) is 4.22. The maximum absolute atomic E-state index is 12.7. The standard InChI is InChI=1S/C18H26ClN3O5S/c1-27-11-3-6-20-17(23)13-21-7-9-22(10-8-21)18(24)14-4-5-15(19)16(12-14)28(2,25)26/h4-5,12H,3,6-11,13H2,1-2H3,(H,20,23). The van der Waals surface area contributed by atoms with Gasteiger partial charge in [0.1, 0.15) is 0 Å². The third kappa shape index (κ3) is 6.44. The summed E-state index contributed by atoms with van der Waals surface area (Å²) >= 11 is 5.94. The zero-order chi connectivity index (χ0) is 20.7. The first-order valence-corrected chi connectivity index (χ1v) is 11.3. The molecule has 0 aromatic heterocycles. The molecule has 1 N–H and O–H groups in total. The van der Waals surface area contributed by atoms with Crippen molar-refractivity contribution >= 4 is 33.3 Å². The van der Waals surface area contributed by atoms with Crippen molar-refractivity contribution in [3.8, 4) is 0 Å². The average Bonchev–Trinajstić information content (AvgIpc) is 2.65. The zero-order valence-electron chi connectivity index (χ0n) is 16.1. The Morgan fingerprint density at radius 1 is 1.21 bits per heavy atom. The van der Waals surface area contributed by atoms with E-state index in [1.807, 2.05) is 4.90 Å². The monoisotopic (exact) mass is 431 g/mol. The Labute approximate surface area is 170 Å². The minimum Gasteiger partial charge on any atom is -0.385 e. The zero-order valence-corrected chi connectivity index (χ0v) is 17.7. The lowest BCUT2D eigenvalue weighted by Crippen LogP contribution is -2.51. The molecule has 1 aliphatic rings. The summed E-state index contributed by atoms with van der Waals surface area (Å²) in [4.78, 5) is 28.2. The van der Waals surface area contributed by atoms with Gasteiger partial charge in [-0.05, 0) is 24.6 Å². The van der Waals surface area contributed by atoms with E-state index in [-0.39, 0.29) is 33.8 Å². The van der Waals surface area contributed by atoms with Gasteiger partial charge >= 0.3 is 0 Å². The number of piperazine rings is 1. The lowest BCUT2D eigenvalue weighted by molar-refractivity contribution is -0.122. The number of methoxy groups -OCH3 is 1. The first kappa shape index (κ1) is 22.6. The van der Waals surface area contributed by atoms with Gasteiger partial charge in [-0.2, -0.15) is 0 Å². The van der Waals surface area contributed by atoms with Crippen molar-refractivity contribution in [1.82, 2.24) is 15.1 Å². The van der Waals surface area contributed by atoms with E-state index >= 15 is 0 Å². The maximum Gasteiger partial charge on any atom is 0.253 e. The van der Waals surface area contributed by atoms with Gasteiger partial charge in [-0.15, -0.1) is 0 Å². The van der Waals surface area contributed by atoms with E-state index in [0.29, 0.717) is 39.3 Å². The minimum absolute atomic E-state index is 0.0497. The second-order valence-electron chi connectivity index (χ2n) is 6.68. The molecule has 0 saturated carbocycles. The summed E-state index contributed by atoms with van der Waals surface area (Å²) in [6.07, 6.45) is 1.82. The van der Waals surface area contributed by atoms with Crippen molar-refractivity contribution in [2.24, 2.45) is 0 Å². The molecule has 1 aromatic carbocycles. The highest BCUT2D eigenvalue weighted by molar-refractivity contribution is 7.90. The van der Waals surface area contributed by atoms with Crippen LogP contribution in [-0.2, 0) is 19.4 Å². The number of nitrogens with zero attached hydrogens (tertiary/aromatic N) is 2. The summed E-state index contributed by atoms with van der Waals surface area (Å²) < 4.78 is 28.5. The molecular formula is C18H26ClN3O5S. The summed E-state index contributed by atoms with van der Waals surface area (Å²) in [6, 6.07) is 4.27. The first-order valence-electron chi connectivity index (χ1n) is 8.99. The molecule has 28 heavy (non-hydrogen) atoms. The fraction of sp³-hybridized carbons (Fsp3) is 0.556. The molecule has 0 aliphatic carbocycles. The Kier molecular flexibility index (Phi) is 8.23. The molecule has 0 radical (unpaired) electrons. The fourth-order valence-electron chi connectivity index (χ4n) is 2.92. The van der Waals surface area contributed by atoms with Crippen LogP contribution in [0.25, 0.3) is 0 Å². The largest absolute Gasteiger partial charge is 0.385 e. The highest BCUT2D eigenvalue weighted by Crippen LogP contribution is 2.23. The van der Waals surface area contributed by atoms with Crippen LogP contribution in [0.1, 0.15) is 16.8 Å². The van der Waals surface area contributed by atoms with E-state index in [1.165, 1.54) is 18.2 Å². The second kappa shape index (κ2) is 10.2. The van der Waals surface area contributed by atoms with Gasteiger partial charge in [0.2, 0.25) is 5.91 Å². The molecule has 1 fully saturated rings. The number of rotatable bonds is 8. The number of hydrogen-bond donors (Lipinski definition) is 1. The van der Waals surface area contributed by atoms with E-state index in [9.17, 15) is 18.0 Å². The van der Waals surface area contributed by atoms with Crippen molar-refractivity contribution < 1.29 is 22.7 Å². The number of sulfone groups is 1. The van der Waals surface area contributed by atoms with E-state index < -0.39 is 9.84 Å². The van der Waals surface area contributed by atoms with Crippen molar-refractivity contribution in [2.45, 2.75) is 11.3 Å². The molecule has 0 atom stereocenters. The van der Waals surface area contributed by atoms with Gasteiger partial charge < -0.3 is 15.0 Å². The number of benzene rings is 1. The molecule has 1 aliphatic heterocycles. The highest BCUT2D eigenvalue weighted by Gasteiger charge is 2.24. The Balaban J connectivity index is 1.88. The molecule has 1 heterocycles. The molecule has 8 nitrogen and oxygen atoms in total. The van der Waals surface area contributed by atoms with E-state index in [2.05, 4.69) is 5.32 Å². The molecule has 2 amide bonds. The minimum atomic E-state index is -3.52. The summed E-state index contributed by atoms with van der Waals surface area (Å²) in [5.74, 6) is -0.295. The van der Waals surface area contributed by atoms with E-state index in [0.717, 1.165) is 12.7 Å². The second-order valence-corrected chi connectivity index (χ2v) is 9.07. The molecule has 1 saturated heterocycles. The van der Waals surface area contributed by atoms with Crippen LogP contribution >= 0.6 is 11.6 Å². The van der Waals surface area contributed by atoms with E-state index in [4.69, 9.17) is 16.3 Å². The topological polar surface area (TPSA) is 96.0 Å². The van der Waals surface area contributed by atoms with E-state index in [1.54, 1.807) is 12.0 Å². The molecule has 10 heteroatoms. The van der Waals surface area contributed by atoms with Crippen LogP contribution in [0.3, 0.4) is 0 Å². The SMILES string of the molecule is COCCCNC(=O)CN1CCN(C(=O)c2ccc(Cl)c(S(C)(=O)=O)c2)CC1. The van der Waals surface area contributed by atoms with Crippen LogP contribution in [0, 0.1) is 0 Å². The number of halogens is 1. The Morgan fingerprint density at radius 2 is 1.89 bits per heavy atom. The highest BCUT2D eigenvalue weighted by atomic mass is 35.5. The third-order valence-corrected chi connectivity index (χ3v) is 6.03. The summed E-state index contributed by atoms with van der Waals surface area (Å²) in [5, 5.41) is 2.94. The van der Waals surface area contributed by atoms with Crippen molar-refractivity contribution in [3.63, 3.8) is 0 Å². The lowest BCUT2D eigenvalue weighted by Gasteiger charge is -2.34. The quantitative estimate of drug-likeness (QED) is 0.607. The van der Waals surface area contributed by atoms with Gasteiger partial charge in [0.25, 0.3) is 5.91 Å². The smallest absolute Gasteiger partial charge is 0.253 e. The number of carbonyl (C=O) groups is 2. The van der Waals surface area contributed by atoms with Gasteiger partial charge in [0.15, 0.2) is 9.84 Å². The van der Waals surface area contributed by atoms with Crippen molar-refractivity contribution in [3.05, 3.63) is 28.8 Å². The maximum atomic E-state index is 12.7. The lowest BCUT2D eigenvalue weighted by atomic mass is 10.2. The van der Waals surface area contributed by atoms with Gasteiger partial charge in [-0.3, -0.25) is 14.5 Å². The van der Waals surface area contributed by atoms with Crippen LogP contribution in [0.2, 0.25) is 5.02 Å². The molecule has 2 rings (SSSR count). The summed E-state index contributed by atoms with van der Waals surface area (Å²) in [6.45, 7) is 3.54. The Morgan fingerprint density at radius 3 is 2.50 bits per heavy atom. The molecule has 1 aromatic rings. The normalized spacial score (nSPS) is 15.5. The number of hydrogen-bond acceptors (Lipinski definition) is 6. The van der Waals surface area contributed by atoms with Gasteiger partial charge in [-0.1, -0.05) is 11.6 Å². The van der Waals surface area contributed by atoms with Crippen LogP contribution in [0.5, 0.6) is 0 Å². The molecule has 0 spiro atoms. The Hall–Kier alpha value is -1.68. The number of nitrogens with one attached hydrogen (secondary N) is 1. The number of amides is 2. The Bertz CT molecular complexity index is 807. The van der Waals surface area contributed by atoms with Gasteiger partial charge in [0, 0.05) is 58.3 Å². The molecular weight excluding hydrogens is 406 g/mol. The number of carbonyl (C=O) groups excluding carboxylic acids is 2. The molecule has 0 bridgehead atoms. The van der Waals surface area contributed by atoms with Gasteiger partial charge in [0.05, 0.1) is 16.5 Å². The summed E-state index contributed by atoms with van der Waals surface area (Å²) in [5.41, 5.74) is 0.286. The van der Waals surface area contributed by atoms with Crippen molar-refractivity contribution in [1.29, 1.82) is 0 Å². The average molecular weight is 432 g/mol. The van der Waals surface area contributed by atoms with Gasteiger partial charge in [-0.25, -0.2) is 8.42 Å². The van der Waals surface area contributed by atoms with Crippen LogP contribution in [-0.4, -0.2) is 89.3 Å². The van der Waals surface area contributed by atoms with Crippen LogP contribution in [0.15, 0.2) is 23.1 Å². The number of ether oxygens (including phenoxy) is 1. The van der Waals surface area contributed by atoms with Crippen LogP contribution < -0.4 is 5.32 Å². The third-order valence-electron chi connectivity index (χ3n) is 4.45. The molecule has 156 valence electrons. The summed E-state index contributed by atoms with van der Waals surface area (Å²) in [7, 11) is -1.90. The first-order chi connectivity index (χ1) is 13.2. The van der Waals surface area contributed by atoms with Crippen LogP contribution in [0.4, 0.5) is 0 Å².